The lowest BCUT2D eigenvalue weighted by Gasteiger charge is -2.63. The maximum atomic E-state index is 6.15. The van der Waals surface area contributed by atoms with E-state index in [4.69, 9.17) is 15.2 Å². The molecule has 5 heteroatoms. The molecule has 0 aromatic heterocycles. The summed E-state index contributed by atoms with van der Waals surface area (Å²) in [5.74, 6) is 2.10. The number of aliphatic imine (C=N–C) groups is 1. The number of benzene rings is 1. The summed E-state index contributed by atoms with van der Waals surface area (Å²) < 4.78 is 11.1. The highest BCUT2D eigenvalue weighted by molar-refractivity contribution is 5.78. The third-order valence-corrected chi connectivity index (χ3v) is 6.18. The van der Waals surface area contributed by atoms with Crippen molar-refractivity contribution in [1.82, 2.24) is 5.32 Å². The van der Waals surface area contributed by atoms with Gasteiger partial charge >= 0.3 is 0 Å². The van der Waals surface area contributed by atoms with Gasteiger partial charge in [0.05, 0.1) is 13.2 Å². The van der Waals surface area contributed by atoms with E-state index in [1.807, 2.05) is 12.1 Å². The monoisotopic (exact) mass is 329 g/mol. The Hall–Kier alpha value is -1.75. The van der Waals surface area contributed by atoms with Gasteiger partial charge in [0.1, 0.15) is 5.75 Å². The van der Waals surface area contributed by atoms with E-state index < -0.39 is 0 Å². The molecule has 1 spiro atoms. The Morgan fingerprint density at radius 3 is 2.83 bits per heavy atom. The van der Waals surface area contributed by atoms with Crippen LogP contribution in [0.5, 0.6) is 5.75 Å². The molecule has 1 aromatic carbocycles. The van der Waals surface area contributed by atoms with Crippen molar-refractivity contribution in [3.05, 3.63) is 29.8 Å². The van der Waals surface area contributed by atoms with E-state index in [-0.39, 0.29) is 0 Å². The van der Waals surface area contributed by atoms with Gasteiger partial charge < -0.3 is 20.5 Å². The van der Waals surface area contributed by atoms with Crippen LogP contribution in [-0.2, 0) is 11.2 Å². The highest BCUT2D eigenvalue weighted by Gasteiger charge is 2.66. The Morgan fingerprint density at radius 2 is 2.17 bits per heavy atom. The first kappa shape index (κ1) is 15.8. The van der Waals surface area contributed by atoms with Crippen molar-refractivity contribution >= 4 is 5.96 Å². The molecule has 0 bridgehead atoms. The smallest absolute Gasteiger partial charge is 0.188 e. The van der Waals surface area contributed by atoms with Crippen molar-refractivity contribution in [2.45, 2.75) is 44.2 Å². The van der Waals surface area contributed by atoms with Crippen molar-refractivity contribution in [2.24, 2.45) is 22.1 Å². The summed E-state index contributed by atoms with van der Waals surface area (Å²) in [4.78, 5) is 4.53. The van der Waals surface area contributed by atoms with Crippen LogP contribution < -0.4 is 15.8 Å². The summed E-state index contributed by atoms with van der Waals surface area (Å²) >= 11 is 0. The fourth-order valence-electron chi connectivity index (χ4n) is 4.76. The van der Waals surface area contributed by atoms with E-state index in [1.54, 1.807) is 7.11 Å². The number of guanidine groups is 1. The van der Waals surface area contributed by atoms with Crippen LogP contribution in [0.3, 0.4) is 0 Å². The predicted octanol–water partition coefficient (Wildman–Crippen LogP) is 2.10. The van der Waals surface area contributed by atoms with Gasteiger partial charge in [-0.05, 0) is 43.4 Å². The lowest BCUT2D eigenvalue weighted by atomic mass is 9.46. The maximum absolute atomic E-state index is 6.15. The molecule has 2 aliphatic carbocycles. The summed E-state index contributed by atoms with van der Waals surface area (Å²) in [5.41, 5.74) is 7.75. The highest BCUT2D eigenvalue weighted by atomic mass is 16.5. The third kappa shape index (κ3) is 2.55. The van der Waals surface area contributed by atoms with Crippen molar-refractivity contribution in [3.8, 4) is 5.75 Å². The fraction of sp³-hybridized carbons (Fsp3) is 0.632. The van der Waals surface area contributed by atoms with E-state index in [2.05, 4.69) is 22.4 Å². The molecule has 3 unspecified atom stereocenters. The molecule has 0 radical (unpaired) electrons. The van der Waals surface area contributed by atoms with Gasteiger partial charge in [0.15, 0.2) is 5.96 Å². The Kier molecular flexibility index (Phi) is 4.12. The second-order valence-corrected chi connectivity index (χ2v) is 7.32. The van der Waals surface area contributed by atoms with Gasteiger partial charge in [0.2, 0.25) is 0 Å². The minimum absolute atomic E-state index is 0.345. The Morgan fingerprint density at radius 1 is 1.38 bits per heavy atom. The van der Waals surface area contributed by atoms with Gasteiger partial charge in [0.25, 0.3) is 0 Å². The standard InChI is InChI=1S/C19H27N3O2/c1-23-14-5-3-13(4-6-14)7-11-21-18(20)22-16-15-8-12-24-17(15)19(16)9-2-10-19/h3-6,15-17H,2,7-12H2,1H3,(H3,20,21,22). The van der Waals surface area contributed by atoms with Gasteiger partial charge in [-0.25, -0.2) is 0 Å². The van der Waals surface area contributed by atoms with Crippen molar-refractivity contribution in [2.75, 3.05) is 20.3 Å². The lowest BCUT2D eigenvalue weighted by Crippen LogP contribution is -2.72. The molecule has 3 fully saturated rings. The van der Waals surface area contributed by atoms with E-state index in [0.717, 1.165) is 25.2 Å². The summed E-state index contributed by atoms with van der Waals surface area (Å²) in [7, 11) is 1.68. The predicted molar refractivity (Wildman–Crippen MR) is 94.2 cm³/mol. The van der Waals surface area contributed by atoms with Gasteiger partial charge in [-0.15, -0.1) is 0 Å². The number of rotatable bonds is 5. The maximum Gasteiger partial charge on any atom is 0.188 e. The zero-order valence-electron chi connectivity index (χ0n) is 14.3. The van der Waals surface area contributed by atoms with Crippen molar-refractivity contribution in [3.63, 3.8) is 0 Å². The Bertz CT molecular complexity index is 610. The largest absolute Gasteiger partial charge is 0.497 e. The van der Waals surface area contributed by atoms with Crippen molar-refractivity contribution < 1.29 is 9.47 Å². The van der Waals surface area contributed by atoms with E-state index in [9.17, 15) is 0 Å². The second-order valence-electron chi connectivity index (χ2n) is 7.32. The molecule has 2 saturated carbocycles. The van der Waals surface area contributed by atoms with E-state index >= 15 is 0 Å². The number of ether oxygens (including phenoxy) is 2. The van der Waals surface area contributed by atoms with Crippen LogP contribution in [-0.4, -0.2) is 38.4 Å². The summed E-state index contributed by atoms with van der Waals surface area (Å²) in [6.07, 6.45) is 6.37. The summed E-state index contributed by atoms with van der Waals surface area (Å²) in [6, 6.07) is 8.58. The summed E-state index contributed by atoms with van der Waals surface area (Å²) in [6.45, 7) is 1.61. The normalized spacial score (nSPS) is 30.4. The third-order valence-electron chi connectivity index (χ3n) is 6.18. The molecule has 1 heterocycles. The molecule has 3 atom stereocenters. The van der Waals surface area contributed by atoms with Crippen LogP contribution in [0.1, 0.15) is 31.2 Å². The Balaban J connectivity index is 1.31. The molecule has 0 amide bonds. The minimum Gasteiger partial charge on any atom is -0.497 e. The minimum atomic E-state index is 0.345. The summed E-state index contributed by atoms with van der Waals surface area (Å²) in [5, 5.41) is 3.51. The average Bonchev–Trinajstić information content (AvgIpc) is 2.97. The molecule has 24 heavy (non-hydrogen) atoms. The van der Waals surface area contributed by atoms with Crippen LogP contribution in [0.25, 0.3) is 0 Å². The molecule has 1 aromatic rings. The van der Waals surface area contributed by atoms with Crippen LogP contribution in [0.4, 0.5) is 0 Å². The fourth-order valence-corrected chi connectivity index (χ4v) is 4.76. The molecule has 130 valence electrons. The number of nitrogens with zero attached hydrogens (tertiary/aromatic N) is 1. The first-order chi connectivity index (χ1) is 11.7. The number of hydrogen-bond donors (Lipinski definition) is 2. The molecule has 3 aliphatic rings. The highest BCUT2D eigenvalue weighted by Crippen LogP contribution is 2.62. The van der Waals surface area contributed by atoms with Gasteiger partial charge in [-0.1, -0.05) is 18.6 Å². The number of nitrogens with one attached hydrogen (secondary N) is 1. The second kappa shape index (κ2) is 6.28. The Labute approximate surface area is 143 Å². The van der Waals surface area contributed by atoms with Crippen molar-refractivity contribution in [1.29, 1.82) is 0 Å². The van der Waals surface area contributed by atoms with Gasteiger partial charge in [-0.2, -0.15) is 0 Å². The van der Waals surface area contributed by atoms with Crippen LogP contribution >= 0.6 is 0 Å². The van der Waals surface area contributed by atoms with Gasteiger partial charge in [0, 0.05) is 30.5 Å². The zero-order valence-corrected chi connectivity index (χ0v) is 14.3. The molecule has 4 rings (SSSR count). The number of fused-ring (bicyclic) bond motifs is 2. The number of methoxy groups -OCH3 is 1. The SMILES string of the molecule is COc1ccc(CCN=C(N)NC2C3CCOC3C23CCC3)cc1. The first-order valence-corrected chi connectivity index (χ1v) is 9.04. The van der Waals surface area contributed by atoms with Crippen LogP contribution in [0, 0.1) is 11.3 Å². The first-order valence-electron chi connectivity index (χ1n) is 9.04. The topological polar surface area (TPSA) is 68.9 Å². The molecule has 3 N–H and O–H groups in total. The average molecular weight is 329 g/mol. The molecule has 5 nitrogen and oxygen atoms in total. The van der Waals surface area contributed by atoms with E-state index in [0.29, 0.717) is 36.0 Å². The number of hydrogen-bond acceptors (Lipinski definition) is 3. The quantitative estimate of drug-likeness (QED) is 0.641. The molecular weight excluding hydrogens is 302 g/mol. The molecular formula is C19H27N3O2. The lowest BCUT2D eigenvalue weighted by molar-refractivity contribution is -0.171. The molecule has 1 aliphatic heterocycles. The van der Waals surface area contributed by atoms with E-state index in [1.165, 1.54) is 24.8 Å². The van der Waals surface area contributed by atoms with Crippen LogP contribution in [0.15, 0.2) is 29.3 Å². The van der Waals surface area contributed by atoms with Crippen LogP contribution in [0.2, 0.25) is 0 Å². The number of nitrogens with two attached hydrogens (primary N) is 1. The van der Waals surface area contributed by atoms with Gasteiger partial charge in [-0.3, -0.25) is 4.99 Å². The molecule has 1 saturated heterocycles. The zero-order chi connectivity index (χ0) is 16.6.